The number of aromatic nitrogens is 4. The van der Waals surface area contributed by atoms with Crippen LogP contribution in [-0.4, -0.2) is 46.1 Å². The van der Waals surface area contributed by atoms with E-state index in [9.17, 15) is 18.0 Å². The minimum atomic E-state index is -4.43. The molecule has 0 fully saturated rings. The summed E-state index contributed by atoms with van der Waals surface area (Å²) in [6.07, 6.45) is 0.192. The molecule has 0 saturated heterocycles. The fourth-order valence-corrected chi connectivity index (χ4v) is 3.54. The zero-order valence-electron chi connectivity index (χ0n) is 16.8. The fourth-order valence-electron chi connectivity index (χ4n) is 3.54. The summed E-state index contributed by atoms with van der Waals surface area (Å²) in [5.74, 6) is 0.129. The number of amides is 1. The minimum absolute atomic E-state index is 0.183. The molecule has 4 heterocycles. The van der Waals surface area contributed by atoms with E-state index in [1.54, 1.807) is 31.5 Å². The molecule has 0 spiro atoms. The van der Waals surface area contributed by atoms with Gasteiger partial charge in [-0.2, -0.15) is 18.3 Å². The Morgan fingerprint density at radius 2 is 1.94 bits per heavy atom. The molecule has 1 atom stereocenters. The quantitative estimate of drug-likeness (QED) is 0.612. The highest BCUT2D eigenvalue weighted by molar-refractivity contribution is 6.11. The summed E-state index contributed by atoms with van der Waals surface area (Å²) in [4.78, 5) is 23.1. The summed E-state index contributed by atoms with van der Waals surface area (Å²) < 4.78 is 49.5. The van der Waals surface area contributed by atoms with Gasteiger partial charge in [0.15, 0.2) is 6.23 Å². The topological polar surface area (TPSA) is 82.4 Å². The molecule has 4 rings (SSSR count). The number of halogens is 3. The second kappa shape index (κ2) is 7.65. The smallest absolute Gasteiger partial charge is 0.408 e. The van der Waals surface area contributed by atoms with Crippen LogP contribution in [0.2, 0.25) is 0 Å². The van der Waals surface area contributed by atoms with Crippen molar-refractivity contribution in [2.45, 2.75) is 25.9 Å². The third-order valence-corrected chi connectivity index (χ3v) is 4.85. The molecule has 1 amide bonds. The number of anilines is 1. The van der Waals surface area contributed by atoms with Crippen LogP contribution in [-0.2, 0) is 11.3 Å². The number of rotatable bonds is 5. The molecule has 0 bridgehead atoms. The molecule has 0 unspecified atom stereocenters. The highest BCUT2D eigenvalue weighted by Crippen LogP contribution is 2.39. The number of hydrogen-bond acceptors (Lipinski definition) is 6. The van der Waals surface area contributed by atoms with Crippen molar-refractivity contribution >= 4 is 11.6 Å². The van der Waals surface area contributed by atoms with Crippen molar-refractivity contribution in [2.75, 3.05) is 19.1 Å². The molecule has 31 heavy (non-hydrogen) atoms. The van der Waals surface area contributed by atoms with Crippen molar-refractivity contribution in [3.05, 3.63) is 53.7 Å². The number of aryl methyl sites for hydroxylation is 1. The molecule has 1 aliphatic rings. The fraction of sp³-hybridized carbons (Fsp3) is 0.300. The monoisotopic (exact) mass is 433 g/mol. The lowest BCUT2D eigenvalue weighted by Gasteiger charge is -2.21. The normalized spacial score (nSPS) is 16.0. The summed E-state index contributed by atoms with van der Waals surface area (Å²) in [5, 5.41) is 3.72. The van der Waals surface area contributed by atoms with Crippen LogP contribution in [0.15, 0.2) is 36.9 Å². The summed E-state index contributed by atoms with van der Waals surface area (Å²) in [5.41, 5.74) is 2.79. The summed E-state index contributed by atoms with van der Waals surface area (Å²) in [7, 11) is 2.93. The van der Waals surface area contributed by atoms with Crippen LogP contribution in [0.25, 0.3) is 11.3 Å². The van der Waals surface area contributed by atoms with Gasteiger partial charge in [0.25, 0.3) is 5.91 Å². The number of fused-ring (bicyclic) bond motifs is 1. The predicted molar refractivity (Wildman–Crippen MR) is 104 cm³/mol. The van der Waals surface area contributed by atoms with Gasteiger partial charge < -0.3 is 9.47 Å². The van der Waals surface area contributed by atoms with Gasteiger partial charge in [-0.15, -0.1) is 0 Å². The van der Waals surface area contributed by atoms with Gasteiger partial charge in [-0.05, 0) is 24.6 Å². The lowest BCUT2D eigenvalue weighted by Crippen LogP contribution is -2.28. The Balaban J connectivity index is 1.75. The molecule has 8 nitrogen and oxygen atoms in total. The average molecular weight is 433 g/mol. The van der Waals surface area contributed by atoms with E-state index >= 15 is 0 Å². The molecule has 0 radical (unpaired) electrons. The summed E-state index contributed by atoms with van der Waals surface area (Å²) >= 11 is 0. The van der Waals surface area contributed by atoms with E-state index in [1.807, 2.05) is 0 Å². The Morgan fingerprint density at radius 3 is 2.61 bits per heavy atom. The number of hydrogen-bond donors (Lipinski definition) is 0. The van der Waals surface area contributed by atoms with Crippen molar-refractivity contribution in [2.24, 2.45) is 0 Å². The Morgan fingerprint density at radius 1 is 1.16 bits per heavy atom. The second-order valence-electron chi connectivity index (χ2n) is 6.97. The largest absolute Gasteiger partial charge is 0.495 e. The van der Waals surface area contributed by atoms with Crippen LogP contribution < -0.4 is 9.64 Å². The Hall–Kier alpha value is -3.47. The number of alkyl halides is 3. The molecule has 0 N–H and O–H groups in total. The van der Waals surface area contributed by atoms with Crippen molar-refractivity contribution in [1.29, 1.82) is 0 Å². The van der Waals surface area contributed by atoms with Crippen LogP contribution >= 0.6 is 0 Å². The maximum atomic E-state index is 13.1. The SMILES string of the molecule is COc1cncc(-c2cc(C)c3c(n2)[C@@H](OC)N(c2cnn(CC(F)(F)F)c2)C3=O)c1. The summed E-state index contributed by atoms with van der Waals surface area (Å²) in [6.45, 7) is 0.503. The van der Waals surface area contributed by atoms with E-state index in [4.69, 9.17) is 9.47 Å². The standard InChI is InChI=1S/C20H18F3N5O3/c1-11-4-15(12-5-14(30-2)8-24-6-12)26-17-16(11)18(29)28(19(17)31-3)13-7-25-27(9-13)10-20(21,22)23/h4-9,19H,10H2,1-3H3/t19-/m1/s1. The predicted octanol–water partition coefficient (Wildman–Crippen LogP) is 3.52. The number of carbonyl (C=O) groups excluding carboxylic acids is 1. The Labute approximate surface area is 175 Å². The molecule has 3 aromatic rings. The first-order valence-electron chi connectivity index (χ1n) is 9.18. The first kappa shape index (κ1) is 20.8. The van der Waals surface area contributed by atoms with Gasteiger partial charge in [-0.25, -0.2) is 4.98 Å². The molecule has 0 aliphatic carbocycles. The van der Waals surface area contributed by atoms with Crippen LogP contribution in [0.5, 0.6) is 5.75 Å². The van der Waals surface area contributed by atoms with E-state index in [0.29, 0.717) is 33.8 Å². The van der Waals surface area contributed by atoms with Crippen molar-refractivity contribution in [3.63, 3.8) is 0 Å². The molecule has 11 heteroatoms. The Kier molecular flexibility index (Phi) is 5.13. The third kappa shape index (κ3) is 3.83. The number of ether oxygens (including phenoxy) is 2. The van der Waals surface area contributed by atoms with Gasteiger partial charge in [0.1, 0.15) is 18.0 Å². The number of nitrogens with zero attached hydrogens (tertiary/aromatic N) is 5. The van der Waals surface area contributed by atoms with E-state index in [-0.39, 0.29) is 5.69 Å². The molecule has 162 valence electrons. The van der Waals surface area contributed by atoms with Gasteiger partial charge in [0, 0.05) is 25.1 Å². The van der Waals surface area contributed by atoms with Gasteiger partial charge in [-0.3, -0.25) is 19.4 Å². The Bertz CT molecular complexity index is 1150. The van der Waals surface area contributed by atoms with E-state index in [2.05, 4.69) is 15.1 Å². The van der Waals surface area contributed by atoms with Crippen molar-refractivity contribution in [1.82, 2.24) is 19.7 Å². The first-order valence-corrected chi connectivity index (χ1v) is 9.18. The van der Waals surface area contributed by atoms with Crippen LogP contribution in [0.3, 0.4) is 0 Å². The van der Waals surface area contributed by atoms with Crippen molar-refractivity contribution < 1.29 is 27.4 Å². The van der Waals surface area contributed by atoms with Gasteiger partial charge >= 0.3 is 6.18 Å². The van der Waals surface area contributed by atoms with E-state index < -0.39 is 24.9 Å². The lowest BCUT2D eigenvalue weighted by atomic mass is 10.0. The van der Waals surface area contributed by atoms with Crippen LogP contribution in [0.1, 0.15) is 27.8 Å². The highest BCUT2D eigenvalue weighted by atomic mass is 19.4. The molecular formula is C20H18F3N5O3. The van der Waals surface area contributed by atoms with E-state index in [1.165, 1.54) is 25.3 Å². The lowest BCUT2D eigenvalue weighted by molar-refractivity contribution is -0.142. The molecule has 3 aromatic heterocycles. The van der Waals surface area contributed by atoms with Gasteiger partial charge in [0.2, 0.25) is 0 Å². The summed E-state index contributed by atoms with van der Waals surface area (Å²) in [6, 6.07) is 3.51. The van der Waals surface area contributed by atoms with E-state index in [0.717, 1.165) is 10.9 Å². The van der Waals surface area contributed by atoms with Gasteiger partial charge in [0.05, 0.1) is 36.4 Å². The molecular weight excluding hydrogens is 415 g/mol. The number of carbonyl (C=O) groups is 1. The maximum absolute atomic E-state index is 13.1. The molecule has 0 aromatic carbocycles. The average Bonchev–Trinajstić information content (AvgIpc) is 3.28. The van der Waals surface area contributed by atoms with Crippen molar-refractivity contribution in [3.8, 4) is 17.0 Å². The van der Waals surface area contributed by atoms with Gasteiger partial charge in [-0.1, -0.05) is 0 Å². The zero-order valence-corrected chi connectivity index (χ0v) is 16.8. The molecule has 0 saturated carbocycles. The van der Waals surface area contributed by atoms with Crippen LogP contribution in [0.4, 0.5) is 18.9 Å². The minimum Gasteiger partial charge on any atom is -0.495 e. The third-order valence-electron chi connectivity index (χ3n) is 4.85. The zero-order chi connectivity index (χ0) is 22.3. The maximum Gasteiger partial charge on any atom is 0.408 e. The highest BCUT2D eigenvalue weighted by Gasteiger charge is 2.42. The number of pyridine rings is 2. The number of methoxy groups -OCH3 is 2. The molecule has 1 aliphatic heterocycles. The first-order chi connectivity index (χ1) is 14.7. The second-order valence-corrected chi connectivity index (χ2v) is 6.97. The van der Waals surface area contributed by atoms with Crippen LogP contribution in [0, 0.1) is 6.92 Å².